The number of amides is 2. The van der Waals surface area contributed by atoms with Crippen molar-refractivity contribution in [1.82, 2.24) is 25.1 Å². The molecule has 2 aliphatic rings. The first kappa shape index (κ1) is 33.6. The van der Waals surface area contributed by atoms with Gasteiger partial charge in [0.25, 0.3) is 5.91 Å². The number of pyridine rings is 2. The van der Waals surface area contributed by atoms with Crippen molar-refractivity contribution >= 4 is 28.7 Å². The number of aromatic nitrogens is 2. The highest BCUT2D eigenvalue weighted by molar-refractivity contribution is 6.07. The van der Waals surface area contributed by atoms with Gasteiger partial charge in [-0.15, -0.1) is 0 Å². The summed E-state index contributed by atoms with van der Waals surface area (Å²) in [5.74, 6) is 1.53. The number of likely N-dealkylation sites (N-methyl/N-ethyl adjacent to an activating group) is 1. The van der Waals surface area contributed by atoms with Crippen LogP contribution in [0.3, 0.4) is 0 Å². The maximum absolute atomic E-state index is 13.6. The van der Waals surface area contributed by atoms with Crippen LogP contribution in [0, 0.1) is 11.8 Å². The number of nitrogens with one attached hydrogen (secondary N) is 1. The lowest BCUT2D eigenvalue weighted by atomic mass is 9.81. The molecule has 10 heteroatoms. The minimum absolute atomic E-state index is 0.103. The van der Waals surface area contributed by atoms with Crippen LogP contribution in [0.1, 0.15) is 63.7 Å². The zero-order chi connectivity index (χ0) is 32.8. The lowest BCUT2D eigenvalue weighted by molar-refractivity contribution is -0.0314. The van der Waals surface area contributed by atoms with E-state index in [0.717, 1.165) is 79.8 Å². The molecule has 5 rings (SSSR count). The molecule has 0 radical (unpaired) electrons. The number of para-hydroxylation sites is 1. The fourth-order valence-electron chi connectivity index (χ4n) is 6.41. The number of nitrogens with zero attached hydrogens (tertiary/aromatic N) is 5. The lowest BCUT2D eigenvalue weighted by Gasteiger charge is -2.35. The van der Waals surface area contributed by atoms with Crippen molar-refractivity contribution < 1.29 is 19.4 Å². The van der Waals surface area contributed by atoms with Gasteiger partial charge in [-0.25, -0.2) is 14.8 Å². The van der Waals surface area contributed by atoms with Crippen molar-refractivity contribution in [2.75, 3.05) is 57.8 Å². The smallest absolute Gasteiger partial charge is 0.407 e. The van der Waals surface area contributed by atoms with E-state index >= 15 is 0 Å². The Labute approximate surface area is 273 Å². The monoisotopic (exact) mass is 630 g/mol. The number of piperazine rings is 1. The Bertz CT molecular complexity index is 1470. The van der Waals surface area contributed by atoms with Gasteiger partial charge in [-0.1, -0.05) is 18.2 Å². The van der Waals surface area contributed by atoms with E-state index in [9.17, 15) is 14.7 Å². The van der Waals surface area contributed by atoms with Crippen LogP contribution in [0.25, 0.3) is 22.2 Å². The number of fused-ring (bicyclic) bond motifs is 1. The third kappa shape index (κ3) is 8.73. The highest BCUT2D eigenvalue weighted by Gasteiger charge is 2.28. The summed E-state index contributed by atoms with van der Waals surface area (Å²) in [6.07, 6.45) is 4.75. The van der Waals surface area contributed by atoms with Crippen molar-refractivity contribution in [3.63, 3.8) is 0 Å². The van der Waals surface area contributed by atoms with Crippen LogP contribution in [-0.2, 0) is 4.74 Å². The second-order valence-electron chi connectivity index (χ2n) is 14.1. The van der Waals surface area contributed by atoms with Crippen molar-refractivity contribution in [2.45, 2.75) is 65.0 Å². The molecular weight excluding hydrogens is 580 g/mol. The molecule has 3 aromatic rings. The molecule has 0 unspecified atom stereocenters. The molecule has 10 nitrogen and oxygen atoms in total. The van der Waals surface area contributed by atoms with E-state index < -0.39 is 6.09 Å². The molecule has 2 amide bonds. The van der Waals surface area contributed by atoms with Crippen molar-refractivity contribution in [3.05, 3.63) is 54.2 Å². The summed E-state index contributed by atoms with van der Waals surface area (Å²) in [7, 11) is 2.14. The van der Waals surface area contributed by atoms with Gasteiger partial charge in [0, 0.05) is 56.4 Å². The van der Waals surface area contributed by atoms with E-state index in [-0.39, 0.29) is 17.6 Å². The Hall–Kier alpha value is -3.76. The normalized spacial score (nSPS) is 20.0. The van der Waals surface area contributed by atoms with Crippen LogP contribution < -0.4 is 10.2 Å². The van der Waals surface area contributed by atoms with Crippen LogP contribution >= 0.6 is 0 Å². The van der Waals surface area contributed by atoms with Gasteiger partial charge in [-0.3, -0.25) is 4.79 Å². The molecule has 3 heterocycles. The first-order valence-corrected chi connectivity index (χ1v) is 16.7. The van der Waals surface area contributed by atoms with Crippen LogP contribution in [-0.4, -0.2) is 101 Å². The predicted molar refractivity (Wildman–Crippen MR) is 182 cm³/mol. The predicted octanol–water partition coefficient (Wildman–Crippen LogP) is 5.77. The fraction of sp³-hybridized carbons (Fsp3) is 0.556. The van der Waals surface area contributed by atoms with Gasteiger partial charge >= 0.3 is 6.09 Å². The molecule has 0 bridgehead atoms. The molecule has 1 saturated heterocycles. The van der Waals surface area contributed by atoms with Gasteiger partial charge in [0.15, 0.2) is 0 Å². The molecule has 2 aromatic heterocycles. The van der Waals surface area contributed by atoms with Crippen LogP contribution in [0.4, 0.5) is 10.6 Å². The SMILES string of the molecule is C[C@@H](COC(C)(C)C)N(C[C@H]1CC[C@H](CNC(=O)c2cc(-c3ccc(N4CCN(C)CC4)nc3)nc3ccccc23)CC1)C(=O)O. The van der Waals surface area contributed by atoms with Gasteiger partial charge in [0.2, 0.25) is 0 Å². The van der Waals surface area contributed by atoms with Crippen LogP contribution in [0.2, 0.25) is 0 Å². The minimum Gasteiger partial charge on any atom is -0.465 e. The van der Waals surface area contributed by atoms with Gasteiger partial charge in [-0.05, 0) is 96.5 Å². The molecular formula is C36H50N6O4. The van der Waals surface area contributed by atoms with E-state index in [1.165, 1.54) is 4.90 Å². The first-order chi connectivity index (χ1) is 22.0. The molecule has 1 aliphatic heterocycles. The van der Waals surface area contributed by atoms with Gasteiger partial charge in [-0.2, -0.15) is 0 Å². The second kappa shape index (κ2) is 14.8. The summed E-state index contributed by atoms with van der Waals surface area (Å²) in [6, 6.07) is 13.5. The third-order valence-electron chi connectivity index (χ3n) is 9.34. The van der Waals surface area contributed by atoms with Gasteiger partial charge in [0.1, 0.15) is 5.82 Å². The molecule has 1 atom stereocenters. The zero-order valence-corrected chi connectivity index (χ0v) is 28.0. The Balaban J connectivity index is 1.19. The maximum atomic E-state index is 13.6. The molecule has 1 saturated carbocycles. The largest absolute Gasteiger partial charge is 0.465 e. The molecule has 46 heavy (non-hydrogen) atoms. The van der Waals surface area contributed by atoms with Crippen LogP contribution in [0.15, 0.2) is 48.7 Å². The topological polar surface area (TPSA) is 111 Å². The molecule has 1 aliphatic carbocycles. The van der Waals surface area contributed by atoms with E-state index in [2.05, 4.69) is 22.2 Å². The van der Waals surface area contributed by atoms with E-state index in [0.29, 0.717) is 37.1 Å². The summed E-state index contributed by atoms with van der Waals surface area (Å²) >= 11 is 0. The molecule has 2 N–H and O–H groups in total. The minimum atomic E-state index is -0.898. The number of hydrogen-bond donors (Lipinski definition) is 2. The molecule has 0 spiro atoms. The number of ether oxygens (including phenoxy) is 1. The van der Waals surface area contributed by atoms with Crippen molar-refractivity contribution in [2.24, 2.45) is 11.8 Å². The third-order valence-corrected chi connectivity index (χ3v) is 9.34. The second-order valence-corrected chi connectivity index (χ2v) is 14.1. The number of rotatable bonds is 10. The lowest BCUT2D eigenvalue weighted by Crippen LogP contribution is -2.45. The summed E-state index contributed by atoms with van der Waals surface area (Å²) in [5.41, 5.74) is 2.69. The number of benzene rings is 1. The van der Waals surface area contributed by atoms with Crippen LogP contribution in [0.5, 0.6) is 0 Å². The summed E-state index contributed by atoms with van der Waals surface area (Å²) in [5, 5.41) is 13.9. The Morgan fingerprint density at radius 3 is 2.39 bits per heavy atom. The number of anilines is 1. The van der Waals surface area contributed by atoms with E-state index in [1.54, 1.807) is 0 Å². The Morgan fingerprint density at radius 1 is 1.04 bits per heavy atom. The molecule has 2 fully saturated rings. The summed E-state index contributed by atoms with van der Waals surface area (Å²) in [4.78, 5) is 41.4. The summed E-state index contributed by atoms with van der Waals surface area (Å²) in [6.45, 7) is 13.3. The van der Waals surface area contributed by atoms with Gasteiger partial charge < -0.3 is 29.9 Å². The van der Waals surface area contributed by atoms with E-state index in [1.807, 2.05) is 76.4 Å². The van der Waals surface area contributed by atoms with Gasteiger partial charge in [0.05, 0.1) is 35.0 Å². The number of carboxylic acid groups (broad SMARTS) is 1. The Kier molecular flexibility index (Phi) is 10.8. The number of carbonyl (C=O) groups is 2. The average molecular weight is 631 g/mol. The number of hydrogen-bond acceptors (Lipinski definition) is 7. The summed E-state index contributed by atoms with van der Waals surface area (Å²) < 4.78 is 5.85. The molecule has 1 aromatic carbocycles. The highest BCUT2D eigenvalue weighted by Crippen LogP contribution is 2.30. The van der Waals surface area contributed by atoms with E-state index in [4.69, 9.17) is 14.7 Å². The van der Waals surface area contributed by atoms with Crippen molar-refractivity contribution in [3.8, 4) is 11.3 Å². The molecule has 248 valence electrons. The quantitative estimate of drug-likeness (QED) is 0.291. The highest BCUT2D eigenvalue weighted by atomic mass is 16.5. The average Bonchev–Trinajstić information content (AvgIpc) is 3.05. The fourth-order valence-corrected chi connectivity index (χ4v) is 6.41. The maximum Gasteiger partial charge on any atom is 0.407 e. The first-order valence-electron chi connectivity index (χ1n) is 16.7. The standard InChI is InChI=1S/C36H50N6O4/c1-25(24-46-36(2,3)4)42(35(44)45)23-27-12-10-26(11-13-27)21-38-34(43)30-20-32(39-31-9-7-6-8-29(30)31)28-14-15-33(37-22-28)41-18-16-40(5)17-19-41/h6-9,14-15,20,22,25-27H,10-13,16-19,21,23-24H2,1-5H3,(H,38,43)(H,44,45)/t25-,26-,27-/m0/s1. The Morgan fingerprint density at radius 2 is 1.74 bits per heavy atom. The number of carbonyl (C=O) groups excluding carboxylic acids is 1. The zero-order valence-electron chi connectivity index (χ0n) is 28.0. The van der Waals surface area contributed by atoms with Crippen molar-refractivity contribution in [1.29, 1.82) is 0 Å².